The van der Waals surface area contributed by atoms with Gasteiger partial charge < -0.3 is 15.5 Å². The third-order valence-corrected chi connectivity index (χ3v) is 6.53. The highest BCUT2D eigenvalue weighted by Gasteiger charge is 2.20. The Balaban J connectivity index is 1.31. The van der Waals surface area contributed by atoms with Crippen molar-refractivity contribution in [2.75, 3.05) is 37.3 Å². The van der Waals surface area contributed by atoms with Crippen molar-refractivity contribution in [3.05, 3.63) is 47.8 Å². The highest BCUT2D eigenvalue weighted by molar-refractivity contribution is 7.99. The van der Waals surface area contributed by atoms with Crippen molar-refractivity contribution in [1.29, 1.82) is 0 Å². The van der Waals surface area contributed by atoms with E-state index >= 15 is 0 Å². The van der Waals surface area contributed by atoms with Gasteiger partial charge in [-0.1, -0.05) is 18.2 Å². The molecule has 0 atom stereocenters. The fraction of sp³-hybridized carbons (Fsp3) is 0.450. The van der Waals surface area contributed by atoms with Gasteiger partial charge in [-0.05, 0) is 54.7 Å². The molecule has 2 N–H and O–H groups in total. The molecule has 0 aliphatic carbocycles. The lowest BCUT2D eigenvalue weighted by molar-refractivity contribution is 0.463. The maximum atomic E-state index is 4.38. The number of hydrogen-bond donors (Lipinski definition) is 2. The molecule has 0 radical (unpaired) electrons. The molecule has 0 spiro atoms. The number of piperidine rings is 1. The Labute approximate surface area is 165 Å². The summed E-state index contributed by atoms with van der Waals surface area (Å²) in [6.07, 6.45) is 3.43. The molecule has 0 amide bonds. The molecule has 1 aliphatic heterocycles. The largest absolute Gasteiger partial charge is 0.363 e. The lowest BCUT2D eigenvalue weighted by atomic mass is 10.1. The van der Waals surface area contributed by atoms with Crippen molar-refractivity contribution >= 4 is 34.1 Å². The smallest absolute Gasteiger partial charge is 0.191 e. The van der Waals surface area contributed by atoms with Gasteiger partial charge in [0.25, 0.3) is 0 Å². The number of benzene rings is 1. The summed E-state index contributed by atoms with van der Waals surface area (Å²) in [5.74, 6) is 2.05. The number of thiophene rings is 1. The Bertz CT molecular complexity index is 650. The highest BCUT2D eigenvalue weighted by Crippen LogP contribution is 2.24. The Morgan fingerprint density at radius 3 is 2.69 bits per heavy atom. The van der Waals surface area contributed by atoms with Crippen LogP contribution in [0.1, 0.15) is 19.3 Å². The molecule has 6 heteroatoms. The number of thioether (sulfide) groups is 1. The van der Waals surface area contributed by atoms with Crippen molar-refractivity contribution in [2.24, 2.45) is 4.99 Å². The van der Waals surface area contributed by atoms with E-state index in [1.807, 2.05) is 30.1 Å². The highest BCUT2D eigenvalue weighted by atomic mass is 32.2. The van der Waals surface area contributed by atoms with Gasteiger partial charge in [0.15, 0.2) is 5.96 Å². The fourth-order valence-electron chi connectivity index (χ4n) is 3.07. The minimum Gasteiger partial charge on any atom is -0.363 e. The van der Waals surface area contributed by atoms with E-state index in [1.54, 1.807) is 0 Å². The van der Waals surface area contributed by atoms with Crippen LogP contribution in [0.5, 0.6) is 0 Å². The van der Waals surface area contributed by atoms with Gasteiger partial charge in [0.05, 0.1) is 5.00 Å². The van der Waals surface area contributed by atoms with Crippen LogP contribution in [-0.4, -0.2) is 44.4 Å². The normalized spacial score (nSPS) is 15.9. The minimum absolute atomic E-state index is 0.510. The molecule has 1 fully saturated rings. The van der Waals surface area contributed by atoms with E-state index in [0.29, 0.717) is 6.04 Å². The summed E-state index contributed by atoms with van der Waals surface area (Å²) >= 11 is 3.74. The number of anilines is 1. The minimum atomic E-state index is 0.510. The molecule has 140 valence electrons. The predicted octanol–water partition coefficient (Wildman–Crippen LogP) is 4.06. The average molecular weight is 389 g/mol. The summed E-state index contributed by atoms with van der Waals surface area (Å²) in [4.78, 5) is 8.21. The van der Waals surface area contributed by atoms with E-state index < -0.39 is 0 Å². The quantitative estimate of drug-likeness (QED) is 0.325. The van der Waals surface area contributed by atoms with Crippen molar-refractivity contribution in [1.82, 2.24) is 10.6 Å². The van der Waals surface area contributed by atoms with Crippen LogP contribution in [0.15, 0.2) is 57.7 Å². The zero-order valence-electron chi connectivity index (χ0n) is 15.4. The van der Waals surface area contributed by atoms with Crippen LogP contribution >= 0.6 is 23.1 Å². The van der Waals surface area contributed by atoms with Gasteiger partial charge in [0, 0.05) is 37.6 Å². The first kappa shape index (κ1) is 19.1. The van der Waals surface area contributed by atoms with Crippen LogP contribution in [0.4, 0.5) is 5.00 Å². The molecule has 0 unspecified atom stereocenters. The zero-order valence-corrected chi connectivity index (χ0v) is 17.0. The summed E-state index contributed by atoms with van der Waals surface area (Å²) in [7, 11) is 1.86. The first-order valence-corrected chi connectivity index (χ1v) is 11.1. The van der Waals surface area contributed by atoms with Gasteiger partial charge in [-0.2, -0.15) is 0 Å². The molecule has 1 aromatic heterocycles. The summed E-state index contributed by atoms with van der Waals surface area (Å²) in [5.41, 5.74) is 0. The summed E-state index contributed by atoms with van der Waals surface area (Å²) in [6.45, 7) is 3.18. The molecule has 2 aromatic rings. The maximum absolute atomic E-state index is 4.38. The number of nitrogens with zero attached hydrogens (tertiary/aromatic N) is 2. The molecule has 4 nitrogen and oxygen atoms in total. The third-order valence-electron chi connectivity index (χ3n) is 4.50. The van der Waals surface area contributed by atoms with E-state index in [1.165, 1.54) is 9.90 Å². The Morgan fingerprint density at radius 1 is 1.19 bits per heavy atom. The number of hydrogen-bond acceptors (Lipinski definition) is 4. The molecule has 1 aromatic carbocycles. The maximum Gasteiger partial charge on any atom is 0.191 e. The predicted molar refractivity (Wildman–Crippen MR) is 116 cm³/mol. The number of guanidine groups is 1. The third kappa shape index (κ3) is 5.95. The van der Waals surface area contributed by atoms with Gasteiger partial charge in [-0.3, -0.25) is 4.99 Å². The van der Waals surface area contributed by atoms with E-state index in [4.69, 9.17) is 0 Å². The average Bonchev–Trinajstić information content (AvgIpc) is 3.23. The molecule has 26 heavy (non-hydrogen) atoms. The van der Waals surface area contributed by atoms with Crippen molar-refractivity contribution in [3.8, 4) is 0 Å². The first-order valence-electron chi connectivity index (χ1n) is 9.28. The Kier molecular flexibility index (Phi) is 7.70. The summed E-state index contributed by atoms with van der Waals surface area (Å²) in [6, 6.07) is 15.4. The van der Waals surface area contributed by atoms with Crippen LogP contribution in [0.3, 0.4) is 0 Å². The second-order valence-corrected chi connectivity index (χ2v) is 8.47. The van der Waals surface area contributed by atoms with E-state index in [-0.39, 0.29) is 0 Å². The summed E-state index contributed by atoms with van der Waals surface area (Å²) in [5, 5.41) is 10.6. The van der Waals surface area contributed by atoms with Crippen LogP contribution in [0.25, 0.3) is 0 Å². The molecule has 0 saturated carbocycles. The molecular weight excluding hydrogens is 360 g/mol. The lowest BCUT2D eigenvalue weighted by Gasteiger charge is -2.33. The van der Waals surface area contributed by atoms with E-state index in [0.717, 1.165) is 50.6 Å². The summed E-state index contributed by atoms with van der Waals surface area (Å²) < 4.78 is 0. The number of nitrogens with one attached hydrogen (secondary N) is 2. The number of rotatable bonds is 7. The molecular formula is C20H28N4S2. The van der Waals surface area contributed by atoms with E-state index in [2.05, 4.69) is 68.4 Å². The molecule has 1 saturated heterocycles. The molecule has 1 aliphatic rings. The van der Waals surface area contributed by atoms with Crippen molar-refractivity contribution < 1.29 is 0 Å². The lowest BCUT2D eigenvalue weighted by Crippen LogP contribution is -2.48. The van der Waals surface area contributed by atoms with Crippen molar-refractivity contribution in [3.63, 3.8) is 0 Å². The van der Waals surface area contributed by atoms with Crippen LogP contribution in [0.2, 0.25) is 0 Å². The van der Waals surface area contributed by atoms with E-state index in [9.17, 15) is 0 Å². The Morgan fingerprint density at radius 2 is 2.00 bits per heavy atom. The van der Waals surface area contributed by atoms with Crippen LogP contribution in [-0.2, 0) is 0 Å². The second kappa shape index (κ2) is 10.5. The monoisotopic (exact) mass is 388 g/mol. The van der Waals surface area contributed by atoms with Crippen LogP contribution in [0, 0.1) is 0 Å². The van der Waals surface area contributed by atoms with Gasteiger partial charge in [-0.25, -0.2) is 0 Å². The standard InChI is InChI=1S/C20H28N4S2/c1-21-20(22-12-6-16-25-18-7-3-2-4-8-18)23-17-10-13-24(14-11-17)19-9-5-15-26-19/h2-5,7-9,15,17H,6,10-14,16H2,1H3,(H2,21,22,23). The Hall–Kier alpha value is -1.66. The second-order valence-electron chi connectivity index (χ2n) is 6.37. The van der Waals surface area contributed by atoms with Gasteiger partial charge in [-0.15, -0.1) is 23.1 Å². The SMILES string of the molecule is CN=C(NCCCSc1ccccc1)NC1CCN(c2cccs2)CC1. The first-order chi connectivity index (χ1) is 12.8. The fourth-order valence-corrected chi connectivity index (χ4v) is 4.73. The van der Waals surface area contributed by atoms with Gasteiger partial charge >= 0.3 is 0 Å². The zero-order chi connectivity index (χ0) is 18.0. The molecule has 2 heterocycles. The molecule has 0 bridgehead atoms. The van der Waals surface area contributed by atoms with Gasteiger partial charge in [0.2, 0.25) is 0 Å². The molecule has 3 rings (SSSR count). The van der Waals surface area contributed by atoms with Crippen LogP contribution < -0.4 is 15.5 Å². The van der Waals surface area contributed by atoms with Crippen molar-refractivity contribution in [2.45, 2.75) is 30.2 Å². The van der Waals surface area contributed by atoms with Gasteiger partial charge in [0.1, 0.15) is 0 Å². The number of aliphatic imine (C=N–C) groups is 1. The topological polar surface area (TPSA) is 39.7 Å².